The fraction of sp³-hybridized carbons (Fsp3) is 0.368. The first kappa shape index (κ1) is 17.5. The van der Waals surface area contributed by atoms with Crippen LogP contribution >= 0.6 is 11.8 Å². The van der Waals surface area contributed by atoms with Crippen molar-refractivity contribution in [3.63, 3.8) is 0 Å². The molecule has 2 aromatic rings. The SMILES string of the molecule is CC1O[C@@H](Sc2ccccc2)C(OCc2ccccc2)[C@H](O)[C@H]1O. The summed E-state index contributed by atoms with van der Waals surface area (Å²) in [5.41, 5.74) is 0.630. The summed E-state index contributed by atoms with van der Waals surface area (Å²) in [7, 11) is 0. The largest absolute Gasteiger partial charge is 0.388 e. The molecule has 4 nitrogen and oxygen atoms in total. The normalized spacial score (nSPS) is 30.2. The van der Waals surface area contributed by atoms with Gasteiger partial charge in [-0.1, -0.05) is 60.3 Å². The van der Waals surface area contributed by atoms with Gasteiger partial charge in [-0.15, -0.1) is 0 Å². The van der Waals surface area contributed by atoms with E-state index in [9.17, 15) is 10.2 Å². The van der Waals surface area contributed by atoms with Gasteiger partial charge in [-0.25, -0.2) is 0 Å². The first-order chi connectivity index (χ1) is 11.6. The van der Waals surface area contributed by atoms with E-state index in [-0.39, 0.29) is 5.44 Å². The first-order valence-corrected chi connectivity index (χ1v) is 8.92. The lowest BCUT2D eigenvalue weighted by Gasteiger charge is -2.41. The second-order valence-electron chi connectivity index (χ2n) is 5.88. The van der Waals surface area contributed by atoms with Gasteiger partial charge in [0.1, 0.15) is 23.7 Å². The van der Waals surface area contributed by atoms with Gasteiger partial charge in [0.25, 0.3) is 0 Å². The van der Waals surface area contributed by atoms with Crippen LogP contribution in [0.15, 0.2) is 65.6 Å². The zero-order chi connectivity index (χ0) is 16.9. The second kappa shape index (κ2) is 8.14. The van der Waals surface area contributed by atoms with Gasteiger partial charge >= 0.3 is 0 Å². The molecule has 0 bridgehead atoms. The maximum Gasteiger partial charge on any atom is 0.136 e. The summed E-state index contributed by atoms with van der Waals surface area (Å²) >= 11 is 1.50. The molecule has 1 fully saturated rings. The van der Waals surface area contributed by atoms with Crippen LogP contribution in [0.4, 0.5) is 0 Å². The lowest BCUT2D eigenvalue weighted by molar-refractivity contribution is -0.210. The van der Waals surface area contributed by atoms with Gasteiger partial charge in [-0.2, -0.15) is 0 Å². The molecule has 0 saturated carbocycles. The molecule has 128 valence electrons. The number of hydrogen-bond donors (Lipinski definition) is 2. The Morgan fingerprint density at radius 2 is 1.58 bits per heavy atom. The molecule has 0 aliphatic carbocycles. The van der Waals surface area contributed by atoms with Gasteiger partial charge in [0.05, 0.1) is 12.7 Å². The van der Waals surface area contributed by atoms with Crippen LogP contribution in [0, 0.1) is 0 Å². The molecule has 0 radical (unpaired) electrons. The number of aliphatic hydroxyl groups excluding tert-OH is 2. The molecule has 3 rings (SSSR count). The van der Waals surface area contributed by atoms with Gasteiger partial charge in [0.15, 0.2) is 0 Å². The molecule has 2 N–H and O–H groups in total. The number of rotatable bonds is 5. The van der Waals surface area contributed by atoms with E-state index in [0.29, 0.717) is 6.61 Å². The average Bonchev–Trinajstić information content (AvgIpc) is 2.61. The highest BCUT2D eigenvalue weighted by Gasteiger charge is 2.43. The lowest BCUT2D eigenvalue weighted by Crippen LogP contribution is -2.56. The van der Waals surface area contributed by atoms with E-state index in [4.69, 9.17) is 9.47 Å². The van der Waals surface area contributed by atoms with Crippen molar-refractivity contribution in [2.45, 2.75) is 48.3 Å². The topological polar surface area (TPSA) is 58.9 Å². The zero-order valence-corrected chi connectivity index (χ0v) is 14.3. The van der Waals surface area contributed by atoms with Gasteiger partial charge in [-0.3, -0.25) is 0 Å². The monoisotopic (exact) mass is 346 g/mol. The van der Waals surface area contributed by atoms with Crippen LogP contribution in [-0.2, 0) is 16.1 Å². The number of aliphatic hydroxyl groups is 2. The van der Waals surface area contributed by atoms with Crippen LogP contribution < -0.4 is 0 Å². The van der Waals surface area contributed by atoms with Gasteiger partial charge < -0.3 is 19.7 Å². The Morgan fingerprint density at radius 1 is 0.958 bits per heavy atom. The summed E-state index contributed by atoms with van der Waals surface area (Å²) in [5.74, 6) is 0. The van der Waals surface area contributed by atoms with E-state index in [1.165, 1.54) is 11.8 Å². The number of hydrogen-bond acceptors (Lipinski definition) is 5. The van der Waals surface area contributed by atoms with E-state index in [0.717, 1.165) is 10.5 Å². The van der Waals surface area contributed by atoms with Gasteiger partial charge in [0, 0.05) is 4.90 Å². The zero-order valence-electron chi connectivity index (χ0n) is 13.5. The van der Waals surface area contributed by atoms with E-state index < -0.39 is 24.4 Å². The predicted molar refractivity (Wildman–Crippen MR) is 93.7 cm³/mol. The van der Waals surface area contributed by atoms with Crippen molar-refractivity contribution in [1.29, 1.82) is 0 Å². The Labute approximate surface area is 146 Å². The molecule has 24 heavy (non-hydrogen) atoms. The van der Waals surface area contributed by atoms with Crippen LogP contribution in [0.2, 0.25) is 0 Å². The fourth-order valence-electron chi connectivity index (χ4n) is 2.67. The predicted octanol–water partition coefficient (Wildman–Crippen LogP) is 2.83. The van der Waals surface area contributed by atoms with Crippen molar-refractivity contribution in [2.75, 3.05) is 0 Å². The van der Waals surface area contributed by atoms with Crippen molar-refractivity contribution < 1.29 is 19.7 Å². The molecule has 1 aliphatic rings. The minimum absolute atomic E-state index is 0.360. The third-order valence-electron chi connectivity index (χ3n) is 4.07. The van der Waals surface area contributed by atoms with E-state index in [1.807, 2.05) is 60.7 Å². The molecule has 1 aliphatic heterocycles. The van der Waals surface area contributed by atoms with E-state index >= 15 is 0 Å². The maximum atomic E-state index is 10.5. The molecule has 0 amide bonds. The molecule has 2 aromatic carbocycles. The second-order valence-corrected chi connectivity index (χ2v) is 7.05. The molecule has 0 spiro atoms. The highest BCUT2D eigenvalue weighted by molar-refractivity contribution is 7.99. The molecule has 0 aromatic heterocycles. The quantitative estimate of drug-likeness (QED) is 0.872. The molecular weight excluding hydrogens is 324 g/mol. The van der Waals surface area contributed by atoms with Crippen LogP contribution in [0.3, 0.4) is 0 Å². The minimum atomic E-state index is -0.987. The fourth-order valence-corrected chi connectivity index (χ4v) is 3.86. The van der Waals surface area contributed by atoms with Crippen LogP contribution in [-0.4, -0.2) is 40.1 Å². The molecular formula is C19H22O4S. The Bertz CT molecular complexity index is 622. The minimum Gasteiger partial charge on any atom is -0.388 e. The maximum absolute atomic E-state index is 10.5. The Balaban J connectivity index is 1.72. The molecule has 2 unspecified atom stereocenters. The number of thioether (sulfide) groups is 1. The van der Waals surface area contributed by atoms with Gasteiger partial charge in [-0.05, 0) is 24.6 Å². The van der Waals surface area contributed by atoms with Crippen molar-refractivity contribution in [2.24, 2.45) is 0 Å². The lowest BCUT2D eigenvalue weighted by atomic mass is 10.0. The summed E-state index contributed by atoms with van der Waals surface area (Å²) in [6.45, 7) is 2.12. The third-order valence-corrected chi connectivity index (χ3v) is 5.22. The van der Waals surface area contributed by atoms with Crippen molar-refractivity contribution in [3.8, 4) is 0 Å². The van der Waals surface area contributed by atoms with E-state index in [2.05, 4.69) is 0 Å². The first-order valence-electron chi connectivity index (χ1n) is 8.04. The van der Waals surface area contributed by atoms with Crippen molar-refractivity contribution in [1.82, 2.24) is 0 Å². The summed E-state index contributed by atoms with van der Waals surface area (Å²) in [6.07, 6.45) is -3.00. The smallest absolute Gasteiger partial charge is 0.136 e. The molecule has 1 saturated heterocycles. The summed E-state index contributed by atoms with van der Waals surface area (Å²) in [5, 5.41) is 20.6. The Hall–Kier alpha value is -1.37. The Kier molecular flexibility index (Phi) is 5.92. The van der Waals surface area contributed by atoms with Crippen LogP contribution in [0.5, 0.6) is 0 Å². The third kappa shape index (κ3) is 4.18. The van der Waals surface area contributed by atoms with E-state index in [1.54, 1.807) is 6.92 Å². The molecule has 5 atom stereocenters. The Morgan fingerprint density at radius 3 is 2.25 bits per heavy atom. The summed E-state index contributed by atoms with van der Waals surface area (Å²) in [6, 6.07) is 19.6. The van der Waals surface area contributed by atoms with Crippen molar-refractivity contribution in [3.05, 3.63) is 66.2 Å². The highest BCUT2D eigenvalue weighted by Crippen LogP contribution is 2.35. The van der Waals surface area contributed by atoms with Crippen LogP contribution in [0.25, 0.3) is 0 Å². The standard InChI is InChI=1S/C19H22O4S/c1-13-16(20)17(21)18(22-12-14-8-4-2-5-9-14)19(23-13)24-15-10-6-3-7-11-15/h2-11,13,16-21H,12H2,1H3/t13?,16-,17+,18?,19-/m0/s1. The molecule has 1 heterocycles. The summed E-state index contributed by atoms with van der Waals surface area (Å²) in [4.78, 5) is 1.03. The average molecular weight is 346 g/mol. The number of ether oxygens (including phenoxy) is 2. The van der Waals surface area contributed by atoms with Gasteiger partial charge in [0.2, 0.25) is 0 Å². The highest BCUT2D eigenvalue weighted by atomic mass is 32.2. The van der Waals surface area contributed by atoms with Crippen molar-refractivity contribution >= 4 is 11.8 Å². The summed E-state index contributed by atoms with van der Waals surface area (Å²) < 4.78 is 11.8. The molecule has 5 heteroatoms. The van der Waals surface area contributed by atoms with Crippen LogP contribution in [0.1, 0.15) is 12.5 Å². The number of benzene rings is 2.